The van der Waals surface area contributed by atoms with E-state index in [0.29, 0.717) is 11.3 Å². The molecule has 0 amide bonds. The lowest BCUT2D eigenvalue weighted by Gasteiger charge is -2.30. The molecule has 1 aromatic rings. The third-order valence-electron chi connectivity index (χ3n) is 2.79. The average Bonchev–Trinajstić information content (AvgIpc) is 2.29. The lowest BCUT2D eigenvalue weighted by atomic mass is 9.81. The molecule has 0 heterocycles. The minimum atomic E-state index is -0.576. The molecule has 1 atom stereocenters. The largest absolute Gasteiger partial charge is 0.497 e. The summed E-state index contributed by atoms with van der Waals surface area (Å²) in [4.78, 5) is 0. The number of aliphatic hydroxyl groups excluding tert-OH is 1. The minimum absolute atomic E-state index is 0. The summed E-state index contributed by atoms with van der Waals surface area (Å²) >= 11 is 0. The highest BCUT2D eigenvalue weighted by Gasteiger charge is 2.29. The maximum Gasteiger partial charge on any atom is 0.128 e. The second kappa shape index (κ2) is 6.19. The van der Waals surface area contributed by atoms with Gasteiger partial charge in [-0.2, -0.15) is 0 Å². The molecule has 0 radical (unpaired) electrons. The molecule has 1 aromatic carbocycles. The van der Waals surface area contributed by atoms with Gasteiger partial charge in [-0.25, -0.2) is 4.39 Å². The van der Waals surface area contributed by atoms with Crippen molar-refractivity contribution < 1.29 is 14.2 Å². The monoisotopic (exact) mass is 263 g/mol. The Morgan fingerprint density at radius 1 is 1.47 bits per heavy atom. The first kappa shape index (κ1) is 16.2. The SMILES string of the molecule is COc1ccc(F)c([C@@H](N)C(C)(C)CO)c1.Cl. The van der Waals surface area contributed by atoms with Crippen LogP contribution in [0, 0.1) is 11.2 Å². The Bertz CT molecular complexity index is 372. The van der Waals surface area contributed by atoms with Gasteiger partial charge in [0.2, 0.25) is 0 Å². The molecule has 0 unspecified atom stereocenters. The van der Waals surface area contributed by atoms with Crippen LogP contribution in [0.15, 0.2) is 18.2 Å². The molecule has 5 heteroatoms. The van der Waals surface area contributed by atoms with Crippen LogP contribution >= 0.6 is 12.4 Å². The van der Waals surface area contributed by atoms with Crippen LogP contribution in [0.1, 0.15) is 25.5 Å². The van der Waals surface area contributed by atoms with Gasteiger partial charge in [0.1, 0.15) is 11.6 Å². The summed E-state index contributed by atoms with van der Waals surface area (Å²) in [6.45, 7) is 3.47. The van der Waals surface area contributed by atoms with Gasteiger partial charge in [0.05, 0.1) is 7.11 Å². The maximum absolute atomic E-state index is 13.6. The van der Waals surface area contributed by atoms with Crippen LogP contribution in [-0.4, -0.2) is 18.8 Å². The van der Waals surface area contributed by atoms with Crippen LogP contribution in [0.3, 0.4) is 0 Å². The molecular formula is C12H19ClFNO2. The zero-order valence-corrected chi connectivity index (χ0v) is 11.1. The van der Waals surface area contributed by atoms with E-state index in [9.17, 15) is 9.50 Å². The Morgan fingerprint density at radius 3 is 2.53 bits per heavy atom. The van der Waals surface area contributed by atoms with Crippen molar-refractivity contribution in [1.29, 1.82) is 0 Å². The molecule has 0 aliphatic rings. The van der Waals surface area contributed by atoms with Crippen molar-refractivity contribution in [2.24, 2.45) is 11.1 Å². The fourth-order valence-corrected chi connectivity index (χ4v) is 1.41. The predicted molar refractivity (Wildman–Crippen MR) is 68.0 cm³/mol. The van der Waals surface area contributed by atoms with Gasteiger partial charge in [0, 0.05) is 23.6 Å². The summed E-state index contributed by atoms with van der Waals surface area (Å²) in [7, 11) is 1.51. The van der Waals surface area contributed by atoms with Gasteiger partial charge in [0.25, 0.3) is 0 Å². The number of hydrogen-bond donors (Lipinski definition) is 2. The number of halogens is 2. The molecule has 98 valence electrons. The molecule has 0 saturated heterocycles. The molecular weight excluding hydrogens is 245 g/mol. The third-order valence-corrected chi connectivity index (χ3v) is 2.79. The van der Waals surface area contributed by atoms with Crippen LogP contribution in [0.4, 0.5) is 4.39 Å². The van der Waals surface area contributed by atoms with E-state index in [0.717, 1.165) is 0 Å². The van der Waals surface area contributed by atoms with E-state index < -0.39 is 11.5 Å². The van der Waals surface area contributed by atoms with Gasteiger partial charge in [-0.1, -0.05) is 13.8 Å². The van der Waals surface area contributed by atoms with Crippen LogP contribution in [0.25, 0.3) is 0 Å². The molecule has 17 heavy (non-hydrogen) atoms. The molecule has 3 nitrogen and oxygen atoms in total. The first-order valence-electron chi connectivity index (χ1n) is 5.12. The fourth-order valence-electron chi connectivity index (χ4n) is 1.41. The molecule has 0 spiro atoms. The lowest BCUT2D eigenvalue weighted by molar-refractivity contribution is 0.130. The summed E-state index contributed by atoms with van der Waals surface area (Å²) in [5.74, 6) is 0.176. The van der Waals surface area contributed by atoms with Gasteiger partial charge in [-0.15, -0.1) is 12.4 Å². The van der Waals surface area contributed by atoms with Crippen LogP contribution in [-0.2, 0) is 0 Å². The zero-order chi connectivity index (χ0) is 12.3. The van der Waals surface area contributed by atoms with Crippen LogP contribution < -0.4 is 10.5 Å². The van der Waals surface area contributed by atoms with Crippen molar-refractivity contribution in [3.8, 4) is 5.75 Å². The van der Waals surface area contributed by atoms with Gasteiger partial charge in [-0.05, 0) is 18.2 Å². The Balaban J connectivity index is 0.00000256. The fraction of sp³-hybridized carbons (Fsp3) is 0.500. The smallest absolute Gasteiger partial charge is 0.128 e. The molecule has 0 saturated carbocycles. The van der Waals surface area contributed by atoms with Crippen LogP contribution in [0.5, 0.6) is 5.75 Å². The number of rotatable bonds is 4. The summed E-state index contributed by atoms with van der Waals surface area (Å²) in [5.41, 5.74) is 5.74. The summed E-state index contributed by atoms with van der Waals surface area (Å²) in [6.07, 6.45) is 0. The summed E-state index contributed by atoms with van der Waals surface area (Å²) in [5, 5.41) is 9.21. The molecule has 0 aliphatic heterocycles. The zero-order valence-electron chi connectivity index (χ0n) is 10.2. The topological polar surface area (TPSA) is 55.5 Å². The number of hydrogen-bond acceptors (Lipinski definition) is 3. The van der Waals surface area contributed by atoms with E-state index in [1.165, 1.54) is 19.2 Å². The second-order valence-corrected chi connectivity index (χ2v) is 4.51. The van der Waals surface area contributed by atoms with Crippen molar-refractivity contribution in [3.63, 3.8) is 0 Å². The van der Waals surface area contributed by atoms with Crippen molar-refractivity contribution in [1.82, 2.24) is 0 Å². The molecule has 0 aromatic heterocycles. The Morgan fingerprint density at radius 2 is 2.06 bits per heavy atom. The predicted octanol–water partition coefficient (Wildman–Crippen LogP) is 2.27. The van der Waals surface area contributed by atoms with Crippen molar-refractivity contribution in [3.05, 3.63) is 29.6 Å². The Labute approximate surface area is 107 Å². The number of nitrogens with two attached hydrogens (primary N) is 1. The van der Waals surface area contributed by atoms with Gasteiger partial charge in [0.15, 0.2) is 0 Å². The van der Waals surface area contributed by atoms with E-state index >= 15 is 0 Å². The van der Waals surface area contributed by atoms with E-state index in [2.05, 4.69) is 0 Å². The minimum Gasteiger partial charge on any atom is -0.497 e. The first-order chi connectivity index (χ1) is 7.42. The Hall–Kier alpha value is -0.840. The normalized spacial score (nSPS) is 12.8. The number of aliphatic hydroxyl groups is 1. The van der Waals surface area contributed by atoms with Crippen molar-refractivity contribution >= 4 is 12.4 Å². The summed E-state index contributed by atoms with van der Waals surface area (Å²) < 4.78 is 18.6. The first-order valence-corrected chi connectivity index (χ1v) is 5.12. The number of benzene rings is 1. The highest BCUT2D eigenvalue weighted by molar-refractivity contribution is 5.85. The Kier molecular flexibility index (Phi) is 5.88. The number of methoxy groups -OCH3 is 1. The van der Waals surface area contributed by atoms with Gasteiger partial charge >= 0.3 is 0 Å². The molecule has 3 N–H and O–H groups in total. The third kappa shape index (κ3) is 3.56. The van der Waals surface area contributed by atoms with E-state index in [1.54, 1.807) is 19.9 Å². The standard InChI is InChI=1S/C12H18FNO2.ClH/c1-12(2,7-15)11(14)9-6-8(16-3)4-5-10(9)13;/h4-6,11,15H,7,14H2,1-3H3;1H/t11-;/m1./s1. The number of ether oxygens (including phenoxy) is 1. The van der Waals surface area contributed by atoms with E-state index in [1.807, 2.05) is 0 Å². The molecule has 0 fully saturated rings. The quantitative estimate of drug-likeness (QED) is 0.876. The van der Waals surface area contributed by atoms with Crippen molar-refractivity contribution in [2.75, 3.05) is 13.7 Å². The highest BCUT2D eigenvalue weighted by atomic mass is 35.5. The highest BCUT2D eigenvalue weighted by Crippen LogP contribution is 2.33. The average molecular weight is 264 g/mol. The second-order valence-electron chi connectivity index (χ2n) is 4.51. The lowest BCUT2D eigenvalue weighted by Crippen LogP contribution is -2.33. The van der Waals surface area contributed by atoms with Gasteiger partial charge < -0.3 is 15.6 Å². The van der Waals surface area contributed by atoms with Gasteiger partial charge in [-0.3, -0.25) is 0 Å². The maximum atomic E-state index is 13.6. The van der Waals surface area contributed by atoms with E-state index in [-0.39, 0.29) is 24.8 Å². The molecule has 1 rings (SSSR count). The molecule has 0 bridgehead atoms. The molecule has 0 aliphatic carbocycles. The summed E-state index contributed by atoms with van der Waals surface area (Å²) in [6, 6.07) is 3.85. The van der Waals surface area contributed by atoms with Crippen LogP contribution in [0.2, 0.25) is 0 Å². The van der Waals surface area contributed by atoms with Crippen molar-refractivity contribution in [2.45, 2.75) is 19.9 Å². The van der Waals surface area contributed by atoms with E-state index in [4.69, 9.17) is 10.5 Å².